The smallest absolute Gasteiger partial charge is 0.00578 e. The molecule has 1 aromatic heterocycles. The Balaban J connectivity index is 1.57. The third kappa shape index (κ3) is 3.43. The molecular weight excluding hydrogens is 190 g/mol. The molecule has 1 fully saturated rings. The SMILES string of the molecule is CC(CC1CC1)NCCc1cccs1. The molecule has 1 atom stereocenters. The molecule has 0 bridgehead atoms. The lowest BCUT2D eigenvalue weighted by Gasteiger charge is -2.12. The highest BCUT2D eigenvalue weighted by molar-refractivity contribution is 7.09. The van der Waals surface area contributed by atoms with Crippen LogP contribution in [0.3, 0.4) is 0 Å². The zero-order valence-corrected chi connectivity index (χ0v) is 9.65. The highest BCUT2D eigenvalue weighted by Crippen LogP contribution is 2.33. The van der Waals surface area contributed by atoms with E-state index in [9.17, 15) is 0 Å². The van der Waals surface area contributed by atoms with Crippen LogP contribution in [-0.4, -0.2) is 12.6 Å². The third-order valence-electron chi connectivity index (χ3n) is 2.83. The first-order valence-electron chi connectivity index (χ1n) is 5.60. The van der Waals surface area contributed by atoms with Gasteiger partial charge in [-0.05, 0) is 37.1 Å². The second-order valence-electron chi connectivity index (χ2n) is 4.36. The Morgan fingerprint density at radius 1 is 1.57 bits per heavy atom. The summed E-state index contributed by atoms with van der Waals surface area (Å²) in [7, 11) is 0. The standard InChI is InChI=1S/C12H19NS/c1-10(9-11-4-5-11)13-7-6-12-3-2-8-14-12/h2-3,8,10-11,13H,4-7,9H2,1H3. The summed E-state index contributed by atoms with van der Waals surface area (Å²) in [5, 5.41) is 5.75. The van der Waals surface area contributed by atoms with Crippen LogP contribution in [0.2, 0.25) is 0 Å². The van der Waals surface area contributed by atoms with Gasteiger partial charge in [0.05, 0.1) is 0 Å². The number of thiophene rings is 1. The van der Waals surface area contributed by atoms with Crippen LogP contribution in [0.25, 0.3) is 0 Å². The summed E-state index contributed by atoms with van der Waals surface area (Å²) in [4.78, 5) is 1.50. The molecule has 1 heterocycles. The zero-order valence-electron chi connectivity index (χ0n) is 8.83. The van der Waals surface area contributed by atoms with E-state index in [0.29, 0.717) is 6.04 Å². The average Bonchev–Trinajstić information content (AvgIpc) is 2.82. The van der Waals surface area contributed by atoms with Crippen LogP contribution in [0.15, 0.2) is 17.5 Å². The van der Waals surface area contributed by atoms with Crippen LogP contribution >= 0.6 is 11.3 Å². The number of nitrogens with one attached hydrogen (secondary N) is 1. The Labute approximate surface area is 90.5 Å². The third-order valence-corrected chi connectivity index (χ3v) is 3.76. The predicted molar refractivity (Wildman–Crippen MR) is 62.8 cm³/mol. The van der Waals surface area contributed by atoms with Crippen molar-refractivity contribution in [3.8, 4) is 0 Å². The van der Waals surface area contributed by atoms with Gasteiger partial charge >= 0.3 is 0 Å². The van der Waals surface area contributed by atoms with E-state index in [1.165, 1.54) is 30.6 Å². The molecular formula is C12H19NS. The zero-order chi connectivity index (χ0) is 9.80. The first-order chi connectivity index (χ1) is 6.84. The molecule has 2 heteroatoms. The minimum Gasteiger partial charge on any atom is -0.314 e. The average molecular weight is 209 g/mol. The minimum absolute atomic E-state index is 0.711. The molecule has 1 aliphatic carbocycles. The van der Waals surface area contributed by atoms with E-state index in [0.717, 1.165) is 12.5 Å². The lowest BCUT2D eigenvalue weighted by atomic mass is 10.1. The van der Waals surface area contributed by atoms with Gasteiger partial charge in [-0.1, -0.05) is 18.9 Å². The normalized spacial score (nSPS) is 18.4. The van der Waals surface area contributed by atoms with E-state index in [2.05, 4.69) is 29.8 Å². The lowest BCUT2D eigenvalue weighted by molar-refractivity contribution is 0.492. The molecule has 0 aromatic carbocycles. The molecule has 1 saturated carbocycles. The Hall–Kier alpha value is -0.340. The molecule has 14 heavy (non-hydrogen) atoms. The Morgan fingerprint density at radius 2 is 2.43 bits per heavy atom. The van der Waals surface area contributed by atoms with Crippen LogP contribution in [-0.2, 0) is 6.42 Å². The first-order valence-corrected chi connectivity index (χ1v) is 6.48. The minimum atomic E-state index is 0.711. The summed E-state index contributed by atoms with van der Waals surface area (Å²) in [5.41, 5.74) is 0. The van der Waals surface area contributed by atoms with Crippen LogP contribution in [0, 0.1) is 5.92 Å². The van der Waals surface area contributed by atoms with Crippen LogP contribution < -0.4 is 5.32 Å². The van der Waals surface area contributed by atoms with E-state index >= 15 is 0 Å². The summed E-state index contributed by atoms with van der Waals surface area (Å²) >= 11 is 1.86. The maximum absolute atomic E-state index is 3.60. The molecule has 1 aromatic rings. The largest absolute Gasteiger partial charge is 0.314 e. The Kier molecular flexibility index (Phi) is 3.60. The van der Waals surface area contributed by atoms with Crippen molar-refractivity contribution in [2.45, 2.75) is 38.6 Å². The van der Waals surface area contributed by atoms with Crippen LogP contribution in [0.1, 0.15) is 31.1 Å². The second-order valence-corrected chi connectivity index (χ2v) is 5.40. The molecule has 0 radical (unpaired) electrons. The van der Waals surface area contributed by atoms with Crippen molar-refractivity contribution in [3.05, 3.63) is 22.4 Å². The fourth-order valence-electron chi connectivity index (χ4n) is 1.83. The monoisotopic (exact) mass is 209 g/mol. The van der Waals surface area contributed by atoms with Crippen molar-refractivity contribution in [3.63, 3.8) is 0 Å². The van der Waals surface area contributed by atoms with Crippen molar-refractivity contribution in [2.24, 2.45) is 5.92 Å². The van der Waals surface area contributed by atoms with Crippen molar-refractivity contribution >= 4 is 11.3 Å². The number of rotatable bonds is 6. The molecule has 78 valence electrons. The molecule has 0 saturated heterocycles. The van der Waals surface area contributed by atoms with Gasteiger partial charge in [-0.15, -0.1) is 11.3 Å². The van der Waals surface area contributed by atoms with Gasteiger partial charge in [-0.3, -0.25) is 0 Å². The van der Waals surface area contributed by atoms with Gasteiger partial charge in [0.15, 0.2) is 0 Å². The summed E-state index contributed by atoms with van der Waals surface area (Å²) in [5.74, 6) is 1.04. The van der Waals surface area contributed by atoms with Crippen molar-refractivity contribution in [1.29, 1.82) is 0 Å². The molecule has 0 amide bonds. The molecule has 0 spiro atoms. The van der Waals surface area contributed by atoms with Gasteiger partial charge in [-0.25, -0.2) is 0 Å². The summed E-state index contributed by atoms with van der Waals surface area (Å²) in [6, 6.07) is 5.06. The molecule has 2 rings (SSSR count). The quantitative estimate of drug-likeness (QED) is 0.759. The van der Waals surface area contributed by atoms with Crippen LogP contribution in [0.4, 0.5) is 0 Å². The van der Waals surface area contributed by atoms with Gasteiger partial charge < -0.3 is 5.32 Å². The Bertz CT molecular complexity index is 251. The van der Waals surface area contributed by atoms with Gasteiger partial charge in [0, 0.05) is 17.5 Å². The Morgan fingerprint density at radius 3 is 3.07 bits per heavy atom. The van der Waals surface area contributed by atoms with Gasteiger partial charge in [0.1, 0.15) is 0 Å². The highest BCUT2D eigenvalue weighted by Gasteiger charge is 2.22. The second kappa shape index (κ2) is 4.94. The van der Waals surface area contributed by atoms with E-state index in [1.807, 2.05) is 11.3 Å². The molecule has 1 aliphatic rings. The van der Waals surface area contributed by atoms with Crippen molar-refractivity contribution in [2.75, 3.05) is 6.54 Å². The first kappa shape index (κ1) is 10.2. The lowest BCUT2D eigenvalue weighted by Crippen LogP contribution is -2.28. The summed E-state index contributed by atoms with van der Waals surface area (Å²) in [6.07, 6.45) is 5.50. The highest BCUT2D eigenvalue weighted by atomic mass is 32.1. The maximum atomic E-state index is 3.60. The summed E-state index contributed by atoms with van der Waals surface area (Å²) < 4.78 is 0. The van der Waals surface area contributed by atoms with E-state index in [1.54, 1.807) is 0 Å². The molecule has 1 N–H and O–H groups in total. The van der Waals surface area contributed by atoms with Crippen molar-refractivity contribution < 1.29 is 0 Å². The summed E-state index contributed by atoms with van der Waals surface area (Å²) in [6.45, 7) is 3.45. The number of hydrogen-bond donors (Lipinski definition) is 1. The molecule has 0 aliphatic heterocycles. The van der Waals surface area contributed by atoms with E-state index < -0.39 is 0 Å². The van der Waals surface area contributed by atoms with E-state index in [4.69, 9.17) is 0 Å². The van der Waals surface area contributed by atoms with Gasteiger partial charge in [0.25, 0.3) is 0 Å². The fraction of sp³-hybridized carbons (Fsp3) is 0.667. The number of hydrogen-bond acceptors (Lipinski definition) is 2. The predicted octanol–water partition coefficient (Wildman–Crippen LogP) is 3.07. The topological polar surface area (TPSA) is 12.0 Å². The fourth-order valence-corrected chi connectivity index (χ4v) is 2.54. The maximum Gasteiger partial charge on any atom is 0.00578 e. The van der Waals surface area contributed by atoms with Crippen molar-refractivity contribution in [1.82, 2.24) is 5.32 Å². The van der Waals surface area contributed by atoms with Gasteiger partial charge in [-0.2, -0.15) is 0 Å². The molecule has 1 nitrogen and oxygen atoms in total. The van der Waals surface area contributed by atoms with Crippen LogP contribution in [0.5, 0.6) is 0 Å². The van der Waals surface area contributed by atoms with Gasteiger partial charge in [0.2, 0.25) is 0 Å². The van der Waals surface area contributed by atoms with E-state index in [-0.39, 0.29) is 0 Å². The molecule has 1 unspecified atom stereocenters.